The van der Waals surface area contributed by atoms with Gasteiger partial charge in [-0.05, 0) is 31.4 Å². The van der Waals surface area contributed by atoms with Crippen molar-refractivity contribution in [1.29, 1.82) is 0 Å². The Morgan fingerprint density at radius 3 is 2.43 bits per heavy atom. The summed E-state index contributed by atoms with van der Waals surface area (Å²) in [4.78, 5) is 25.3. The topological polar surface area (TPSA) is 57.6 Å². The van der Waals surface area contributed by atoms with E-state index < -0.39 is 35.4 Å². The summed E-state index contributed by atoms with van der Waals surface area (Å²) >= 11 is 0. The standard InChI is InChI=1S/C17H19F2NO3/c1-9(17(22)23)8-20(10-5-6-10)16(21)12-7-11(12)15-13(18)3-2-4-14(15)19/h2-4,9-12H,5-8H2,1H3,(H,22,23)/t9-,11-,12-/m1/s1. The van der Waals surface area contributed by atoms with E-state index >= 15 is 0 Å². The monoisotopic (exact) mass is 323 g/mol. The van der Waals surface area contributed by atoms with Crippen LogP contribution in [-0.4, -0.2) is 34.5 Å². The van der Waals surface area contributed by atoms with Gasteiger partial charge in [0, 0.05) is 30.0 Å². The van der Waals surface area contributed by atoms with E-state index in [9.17, 15) is 18.4 Å². The molecule has 124 valence electrons. The highest BCUT2D eigenvalue weighted by Gasteiger charge is 2.50. The highest BCUT2D eigenvalue weighted by Crippen LogP contribution is 2.51. The fraction of sp³-hybridized carbons (Fsp3) is 0.529. The average molecular weight is 323 g/mol. The van der Waals surface area contributed by atoms with Crippen molar-refractivity contribution in [3.05, 3.63) is 35.4 Å². The lowest BCUT2D eigenvalue weighted by molar-refractivity contribution is -0.143. The molecule has 6 heteroatoms. The molecule has 0 bridgehead atoms. The first kappa shape index (κ1) is 15.9. The third-order valence-electron chi connectivity index (χ3n) is 4.64. The van der Waals surface area contributed by atoms with Crippen LogP contribution in [0.25, 0.3) is 0 Å². The fourth-order valence-corrected chi connectivity index (χ4v) is 3.04. The minimum Gasteiger partial charge on any atom is -0.481 e. The van der Waals surface area contributed by atoms with Crippen molar-refractivity contribution in [2.75, 3.05) is 6.54 Å². The second kappa shape index (κ2) is 5.91. The molecule has 0 heterocycles. The van der Waals surface area contributed by atoms with Crippen LogP contribution in [0, 0.1) is 23.5 Å². The molecule has 4 nitrogen and oxygen atoms in total. The number of carbonyl (C=O) groups excluding carboxylic acids is 1. The Balaban J connectivity index is 1.72. The van der Waals surface area contributed by atoms with E-state index in [-0.39, 0.29) is 24.1 Å². The smallest absolute Gasteiger partial charge is 0.308 e. The normalized spacial score (nSPS) is 24.1. The van der Waals surface area contributed by atoms with Gasteiger partial charge in [0.05, 0.1) is 5.92 Å². The maximum atomic E-state index is 13.8. The Hall–Kier alpha value is -1.98. The first-order valence-electron chi connectivity index (χ1n) is 7.87. The molecule has 0 aliphatic heterocycles. The van der Waals surface area contributed by atoms with Gasteiger partial charge in [-0.1, -0.05) is 13.0 Å². The van der Waals surface area contributed by atoms with Crippen LogP contribution in [-0.2, 0) is 9.59 Å². The van der Waals surface area contributed by atoms with Crippen LogP contribution in [0.1, 0.15) is 37.7 Å². The number of aliphatic carboxylic acids is 1. The lowest BCUT2D eigenvalue weighted by Gasteiger charge is -2.24. The molecule has 1 aromatic rings. The molecule has 2 aliphatic carbocycles. The van der Waals surface area contributed by atoms with Crippen molar-refractivity contribution in [3.63, 3.8) is 0 Å². The zero-order valence-electron chi connectivity index (χ0n) is 12.8. The number of halogens is 2. The number of benzene rings is 1. The number of carbonyl (C=O) groups is 2. The highest BCUT2D eigenvalue weighted by atomic mass is 19.1. The first-order chi connectivity index (χ1) is 10.9. The molecule has 1 amide bonds. The van der Waals surface area contributed by atoms with Crippen molar-refractivity contribution >= 4 is 11.9 Å². The van der Waals surface area contributed by atoms with Gasteiger partial charge in [-0.15, -0.1) is 0 Å². The Kier molecular flexibility index (Phi) is 4.08. The first-order valence-corrected chi connectivity index (χ1v) is 7.87. The third-order valence-corrected chi connectivity index (χ3v) is 4.64. The van der Waals surface area contributed by atoms with Crippen LogP contribution in [0.3, 0.4) is 0 Å². The molecule has 3 rings (SSSR count). The van der Waals surface area contributed by atoms with Gasteiger partial charge in [0.15, 0.2) is 0 Å². The van der Waals surface area contributed by atoms with Crippen molar-refractivity contribution in [1.82, 2.24) is 4.90 Å². The lowest BCUT2D eigenvalue weighted by atomic mass is 10.1. The Bertz CT molecular complexity index is 624. The Morgan fingerprint density at radius 1 is 1.30 bits per heavy atom. The van der Waals surface area contributed by atoms with Crippen LogP contribution in [0.4, 0.5) is 8.78 Å². The van der Waals surface area contributed by atoms with Gasteiger partial charge in [0.25, 0.3) is 0 Å². The number of rotatable bonds is 6. The van der Waals surface area contributed by atoms with Crippen LogP contribution < -0.4 is 0 Å². The predicted molar refractivity (Wildman–Crippen MR) is 78.7 cm³/mol. The molecule has 0 radical (unpaired) electrons. The molecule has 23 heavy (non-hydrogen) atoms. The van der Waals surface area contributed by atoms with Crippen LogP contribution in [0.5, 0.6) is 0 Å². The summed E-state index contributed by atoms with van der Waals surface area (Å²) in [6, 6.07) is 3.78. The molecule has 0 spiro atoms. The Morgan fingerprint density at radius 2 is 1.91 bits per heavy atom. The zero-order valence-corrected chi connectivity index (χ0v) is 12.8. The number of carboxylic acid groups (broad SMARTS) is 1. The second-order valence-corrected chi connectivity index (χ2v) is 6.55. The average Bonchev–Trinajstić information content (AvgIpc) is 3.36. The summed E-state index contributed by atoms with van der Waals surface area (Å²) in [6.45, 7) is 1.72. The van der Waals surface area contributed by atoms with E-state index in [1.54, 1.807) is 11.8 Å². The summed E-state index contributed by atoms with van der Waals surface area (Å²) in [5.41, 5.74) is -0.0205. The molecule has 0 aromatic heterocycles. The van der Waals surface area contributed by atoms with E-state index in [1.807, 2.05) is 0 Å². The van der Waals surface area contributed by atoms with E-state index in [1.165, 1.54) is 18.2 Å². The van der Waals surface area contributed by atoms with Crippen molar-refractivity contribution in [2.24, 2.45) is 11.8 Å². The van der Waals surface area contributed by atoms with E-state index in [0.717, 1.165) is 12.8 Å². The van der Waals surface area contributed by atoms with Crippen molar-refractivity contribution in [2.45, 2.75) is 38.1 Å². The fourth-order valence-electron chi connectivity index (χ4n) is 3.04. The summed E-state index contributed by atoms with van der Waals surface area (Å²) in [5, 5.41) is 9.03. The predicted octanol–water partition coefficient (Wildman–Crippen LogP) is 2.78. The molecule has 0 unspecified atom stereocenters. The number of carboxylic acids is 1. The number of hydrogen-bond donors (Lipinski definition) is 1. The van der Waals surface area contributed by atoms with E-state index in [2.05, 4.69) is 0 Å². The van der Waals surface area contributed by atoms with E-state index in [4.69, 9.17) is 5.11 Å². The largest absolute Gasteiger partial charge is 0.481 e. The Labute approximate surface area is 133 Å². The van der Waals surface area contributed by atoms with Gasteiger partial charge < -0.3 is 10.0 Å². The maximum absolute atomic E-state index is 13.8. The number of amides is 1. The van der Waals surface area contributed by atoms with Crippen LogP contribution >= 0.6 is 0 Å². The van der Waals surface area contributed by atoms with Gasteiger partial charge >= 0.3 is 5.97 Å². The van der Waals surface area contributed by atoms with Crippen LogP contribution in [0.2, 0.25) is 0 Å². The number of hydrogen-bond acceptors (Lipinski definition) is 2. The quantitative estimate of drug-likeness (QED) is 0.876. The number of nitrogens with zero attached hydrogens (tertiary/aromatic N) is 1. The molecule has 1 aromatic carbocycles. The molecule has 3 atom stereocenters. The highest BCUT2D eigenvalue weighted by molar-refractivity contribution is 5.84. The minimum absolute atomic E-state index is 0.0205. The van der Waals surface area contributed by atoms with Gasteiger partial charge in [-0.3, -0.25) is 9.59 Å². The summed E-state index contributed by atoms with van der Waals surface area (Å²) < 4.78 is 27.6. The van der Waals surface area contributed by atoms with Crippen LogP contribution in [0.15, 0.2) is 18.2 Å². The molecular weight excluding hydrogens is 304 g/mol. The van der Waals surface area contributed by atoms with Gasteiger partial charge in [-0.25, -0.2) is 8.78 Å². The molecule has 2 aliphatic rings. The maximum Gasteiger partial charge on any atom is 0.308 e. The molecule has 2 fully saturated rings. The molecule has 0 saturated heterocycles. The SMILES string of the molecule is C[C@H](CN(C(=O)[C@@H]1C[C@H]1c1c(F)cccc1F)C1CC1)C(=O)O. The van der Waals surface area contributed by atoms with Gasteiger partial charge in [0.1, 0.15) is 11.6 Å². The van der Waals surface area contributed by atoms with Gasteiger partial charge in [-0.2, -0.15) is 0 Å². The molecular formula is C17H19F2NO3. The van der Waals surface area contributed by atoms with Crippen molar-refractivity contribution in [3.8, 4) is 0 Å². The minimum atomic E-state index is -0.948. The summed E-state index contributed by atoms with van der Waals surface area (Å²) in [5.74, 6) is -3.90. The van der Waals surface area contributed by atoms with E-state index in [0.29, 0.717) is 6.42 Å². The van der Waals surface area contributed by atoms with Gasteiger partial charge in [0.2, 0.25) is 5.91 Å². The zero-order chi connectivity index (χ0) is 16.7. The summed E-state index contributed by atoms with van der Waals surface area (Å²) in [6.07, 6.45) is 2.15. The molecule has 1 N–H and O–H groups in total. The summed E-state index contributed by atoms with van der Waals surface area (Å²) in [7, 11) is 0. The third kappa shape index (κ3) is 3.21. The van der Waals surface area contributed by atoms with Crippen molar-refractivity contribution < 1.29 is 23.5 Å². The second-order valence-electron chi connectivity index (χ2n) is 6.55. The molecule has 2 saturated carbocycles. The lowest BCUT2D eigenvalue weighted by Crippen LogP contribution is -2.39.